The molecule has 118 valence electrons. The van der Waals surface area contributed by atoms with Crippen molar-refractivity contribution in [3.05, 3.63) is 76.3 Å². The lowest BCUT2D eigenvalue weighted by atomic mass is 10.0. The lowest BCUT2D eigenvalue weighted by Gasteiger charge is -2.16. The molecule has 0 amide bonds. The first-order valence-corrected chi connectivity index (χ1v) is 7.70. The Labute approximate surface area is 139 Å². The van der Waals surface area contributed by atoms with Gasteiger partial charge in [-0.25, -0.2) is 0 Å². The summed E-state index contributed by atoms with van der Waals surface area (Å²) in [6, 6.07) is 16.8. The summed E-state index contributed by atoms with van der Waals surface area (Å²) in [5.74, 6) is -0.156. The van der Waals surface area contributed by atoms with Crippen molar-refractivity contribution in [1.82, 2.24) is 0 Å². The zero-order valence-electron chi connectivity index (χ0n) is 11.9. The molecule has 0 aliphatic heterocycles. The van der Waals surface area contributed by atoms with Crippen LogP contribution < -0.4 is 4.74 Å². The van der Waals surface area contributed by atoms with E-state index in [1.165, 1.54) is 12.1 Å². The molecule has 0 heterocycles. The number of halogens is 4. The third-order valence-electron chi connectivity index (χ3n) is 3.46. The van der Waals surface area contributed by atoms with E-state index in [-0.39, 0.29) is 17.7 Å². The minimum atomic E-state index is -4.49. The van der Waals surface area contributed by atoms with E-state index < -0.39 is 11.7 Å². The first-order chi connectivity index (χ1) is 10.9. The average Bonchev–Trinajstić information content (AvgIpc) is 2.52. The van der Waals surface area contributed by atoms with Gasteiger partial charge in [0.2, 0.25) is 0 Å². The highest BCUT2D eigenvalue weighted by molar-refractivity contribution is 9.10. The van der Waals surface area contributed by atoms with E-state index in [4.69, 9.17) is 4.74 Å². The third kappa shape index (κ3) is 3.50. The smallest absolute Gasteiger partial charge is 0.420 e. The van der Waals surface area contributed by atoms with Crippen molar-refractivity contribution in [1.29, 1.82) is 0 Å². The topological polar surface area (TPSA) is 9.23 Å². The molecule has 0 bridgehead atoms. The number of alkyl halides is 3. The van der Waals surface area contributed by atoms with Crippen molar-refractivity contribution >= 4 is 26.7 Å². The lowest BCUT2D eigenvalue weighted by molar-refractivity contribution is -0.137. The van der Waals surface area contributed by atoms with Crippen LogP contribution in [0, 0.1) is 0 Å². The standard InChI is InChI=1S/C18H12BrF3O/c19-14-7-8-15-13(10-14)6-9-16(17(15)18(20,21)22)23-11-12-4-2-1-3-5-12/h1-10H,11H2. The van der Waals surface area contributed by atoms with Crippen LogP contribution >= 0.6 is 15.9 Å². The summed E-state index contributed by atoms with van der Waals surface area (Å²) in [5, 5.41) is 0.644. The zero-order chi connectivity index (χ0) is 16.4. The molecule has 0 fully saturated rings. The van der Waals surface area contributed by atoms with Gasteiger partial charge in [-0.1, -0.05) is 58.4 Å². The number of ether oxygens (including phenoxy) is 1. The molecule has 0 spiro atoms. The van der Waals surface area contributed by atoms with Gasteiger partial charge in [0, 0.05) is 4.47 Å². The number of hydrogen-bond donors (Lipinski definition) is 0. The molecule has 0 saturated carbocycles. The highest BCUT2D eigenvalue weighted by atomic mass is 79.9. The maximum atomic E-state index is 13.5. The summed E-state index contributed by atoms with van der Waals surface area (Å²) in [6.07, 6.45) is -4.49. The van der Waals surface area contributed by atoms with Crippen molar-refractivity contribution in [3.63, 3.8) is 0 Å². The van der Waals surface area contributed by atoms with Gasteiger partial charge in [0.05, 0.1) is 0 Å². The predicted octanol–water partition coefficient (Wildman–Crippen LogP) is 6.20. The Hall–Kier alpha value is -2.01. The molecule has 0 saturated heterocycles. The SMILES string of the molecule is FC(F)(F)c1c(OCc2ccccc2)ccc2cc(Br)ccc12. The molecule has 0 atom stereocenters. The van der Waals surface area contributed by atoms with Gasteiger partial charge in [0.25, 0.3) is 0 Å². The van der Waals surface area contributed by atoms with Crippen LogP contribution in [0.5, 0.6) is 5.75 Å². The Morgan fingerprint density at radius 1 is 0.913 bits per heavy atom. The number of rotatable bonds is 3. The van der Waals surface area contributed by atoms with Crippen LogP contribution in [0.2, 0.25) is 0 Å². The van der Waals surface area contributed by atoms with Crippen LogP contribution in [0.15, 0.2) is 65.1 Å². The Kier molecular flexibility index (Phi) is 4.31. The first kappa shape index (κ1) is 15.9. The second-order valence-corrected chi connectivity index (χ2v) is 5.99. The number of fused-ring (bicyclic) bond motifs is 1. The van der Waals surface area contributed by atoms with E-state index in [0.717, 1.165) is 10.0 Å². The predicted molar refractivity (Wildman–Crippen MR) is 87.4 cm³/mol. The maximum absolute atomic E-state index is 13.5. The van der Waals surface area contributed by atoms with E-state index >= 15 is 0 Å². The van der Waals surface area contributed by atoms with Gasteiger partial charge in [-0.15, -0.1) is 0 Å². The number of hydrogen-bond acceptors (Lipinski definition) is 1. The molecule has 23 heavy (non-hydrogen) atoms. The summed E-state index contributed by atoms with van der Waals surface area (Å²) in [7, 11) is 0. The van der Waals surface area contributed by atoms with Gasteiger partial charge in [0.15, 0.2) is 0 Å². The second-order valence-electron chi connectivity index (χ2n) is 5.08. The van der Waals surface area contributed by atoms with Crippen molar-refractivity contribution in [2.24, 2.45) is 0 Å². The van der Waals surface area contributed by atoms with Crippen molar-refractivity contribution < 1.29 is 17.9 Å². The van der Waals surface area contributed by atoms with Gasteiger partial charge in [0.1, 0.15) is 17.9 Å². The monoisotopic (exact) mass is 380 g/mol. The van der Waals surface area contributed by atoms with Crippen LogP contribution in [-0.4, -0.2) is 0 Å². The Balaban J connectivity index is 2.04. The summed E-state index contributed by atoms with van der Waals surface area (Å²) >= 11 is 3.27. The van der Waals surface area contributed by atoms with E-state index in [2.05, 4.69) is 15.9 Å². The highest BCUT2D eigenvalue weighted by Crippen LogP contribution is 2.42. The van der Waals surface area contributed by atoms with Crippen LogP contribution in [-0.2, 0) is 12.8 Å². The summed E-state index contributed by atoms with van der Waals surface area (Å²) < 4.78 is 46.7. The maximum Gasteiger partial charge on any atom is 0.420 e. The van der Waals surface area contributed by atoms with Crippen molar-refractivity contribution in [2.45, 2.75) is 12.8 Å². The summed E-state index contributed by atoms with van der Waals surface area (Å²) in [4.78, 5) is 0. The van der Waals surface area contributed by atoms with E-state index in [1.54, 1.807) is 18.2 Å². The van der Waals surface area contributed by atoms with E-state index in [0.29, 0.717) is 5.39 Å². The molecule has 1 nitrogen and oxygen atoms in total. The first-order valence-electron chi connectivity index (χ1n) is 6.91. The fourth-order valence-corrected chi connectivity index (χ4v) is 2.81. The minimum absolute atomic E-state index is 0.0892. The molecular formula is C18H12BrF3O. The fraction of sp³-hybridized carbons (Fsp3) is 0.111. The Morgan fingerprint density at radius 2 is 1.65 bits per heavy atom. The molecule has 0 N–H and O–H groups in total. The van der Waals surface area contributed by atoms with Crippen LogP contribution in [0.25, 0.3) is 10.8 Å². The Bertz CT molecular complexity index is 829. The zero-order valence-corrected chi connectivity index (χ0v) is 13.5. The van der Waals surface area contributed by atoms with Gasteiger partial charge < -0.3 is 4.74 Å². The number of benzene rings is 3. The molecule has 0 radical (unpaired) electrons. The molecule has 0 aromatic heterocycles. The van der Waals surface area contributed by atoms with Gasteiger partial charge >= 0.3 is 6.18 Å². The molecule has 0 aliphatic carbocycles. The lowest BCUT2D eigenvalue weighted by Crippen LogP contribution is -2.09. The molecule has 3 rings (SSSR count). The Morgan fingerprint density at radius 3 is 2.35 bits per heavy atom. The summed E-state index contributed by atoms with van der Waals surface area (Å²) in [6.45, 7) is 0.0892. The van der Waals surface area contributed by atoms with Crippen LogP contribution in [0.4, 0.5) is 13.2 Å². The van der Waals surface area contributed by atoms with E-state index in [9.17, 15) is 13.2 Å². The molecule has 5 heteroatoms. The summed E-state index contributed by atoms with van der Waals surface area (Å²) in [5.41, 5.74) is 0.0787. The van der Waals surface area contributed by atoms with Crippen molar-refractivity contribution in [2.75, 3.05) is 0 Å². The van der Waals surface area contributed by atoms with E-state index in [1.807, 2.05) is 30.3 Å². The fourth-order valence-electron chi connectivity index (χ4n) is 2.43. The average molecular weight is 381 g/mol. The molecule has 3 aromatic carbocycles. The van der Waals surface area contributed by atoms with Gasteiger partial charge in [-0.3, -0.25) is 0 Å². The normalized spacial score (nSPS) is 11.7. The molecule has 3 aromatic rings. The molecular weight excluding hydrogens is 369 g/mol. The van der Waals surface area contributed by atoms with Crippen LogP contribution in [0.1, 0.15) is 11.1 Å². The molecule has 0 aliphatic rings. The van der Waals surface area contributed by atoms with Crippen molar-refractivity contribution in [3.8, 4) is 5.75 Å². The van der Waals surface area contributed by atoms with Gasteiger partial charge in [-0.05, 0) is 34.5 Å². The second kappa shape index (κ2) is 6.24. The highest BCUT2D eigenvalue weighted by Gasteiger charge is 2.36. The van der Waals surface area contributed by atoms with Crippen LogP contribution in [0.3, 0.4) is 0 Å². The van der Waals surface area contributed by atoms with Gasteiger partial charge in [-0.2, -0.15) is 13.2 Å². The minimum Gasteiger partial charge on any atom is -0.488 e. The largest absolute Gasteiger partial charge is 0.488 e. The molecule has 0 unspecified atom stereocenters. The third-order valence-corrected chi connectivity index (χ3v) is 3.96. The quantitative estimate of drug-likeness (QED) is 0.525.